The number of unbranched alkanes of at least 4 members (excludes halogenated alkanes) is 2. The summed E-state index contributed by atoms with van der Waals surface area (Å²) in [4.78, 5) is 0.203. The molecule has 0 aromatic heterocycles. The molecule has 0 saturated carbocycles. The Morgan fingerprint density at radius 2 is 2.06 bits per heavy atom. The second-order valence-corrected chi connectivity index (χ2v) is 6.05. The first-order valence-electron chi connectivity index (χ1n) is 5.43. The predicted octanol–water partition coefficient (Wildman–Crippen LogP) is 2.04. The fourth-order valence-electron chi connectivity index (χ4n) is 1.52. The van der Waals surface area contributed by atoms with Crippen molar-refractivity contribution in [2.45, 2.75) is 31.1 Å². The molecule has 0 aliphatic carbocycles. The maximum Gasteiger partial charge on any atom is 0.180 e. The molecule has 0 unspecified atom stereocenters. The van der Waals surface area contributed by atoms with Gasteiger partial charge in [0.2, 0.25) is 0 Å². The van der Waals surface area contributed by atoms with E-state index in [1.165, 1.54) is 0 Å². The van der Waals surface area contributed by atoms with Gasteiger partial charge in [-0.2, -0.15) is 5.26 Å². The van der Waals surface area contributed by atoms with Crippen molar-refractivity contribution in [2.24, 2.45) is 0 Å². The number of anilines is 1. The van der Waals surface area contributed by atoms with Crippen molar-refractivity contribution in [1.82, 2.24) is 0 Å². The zero-order valence-corrected chi connectivity index (χ0v) is 10.6. The summed E-state index contributed by atoms with van der Waals surface area (Å²) < 4.78 is 24.0. The molecule has 0 aliphatic heterocycles. The summed E-state index contributed by atoms with van der Waals surface area (Å²) in [5, 5.41) is 8.37. The van der Waals surface area contributed by atoms with E-state index in [9.17, 15) is 8.42 Å². The first-order chi connectivity index (χ1) is 7.97. The molecule has 92 valence electrons. The normalized spacial score (nSPS) is 11.1. The largest absolute Gasteiger partial charge is 0.398 e. The van der Waals surface area contributed by atoms with Gasteiger partial charge in [-0.05, 0) is 37.5 Å². The lowest BCUT2D eigenvalue weighted by atomic mass is 10.2. The molecular weight excluding hydrogens is 236 g/mol. The molecule has 0 radical (unpaired) electrons. The molecule has 17 heavy (non-hydrogen) atoms. The Kier molecular flexibility index (Phi) is 4.53. The Labute approximate surface area is 102 Å². The van der Waals surface area contributed by atoms with Gasteiger partial charge in [-0.1, -0.05) is 6.07 Å². The zero-order chi connectivity index (χ0) is 12.9. The molecule has 0 atom stereocenters. The number of sulfone groups is 1. The summed E-state index contributed by atoms with van der Waals surface area (Å²) in [6.07, 6.45) is 1.48. The minimum atomic E-state index is -3.33. The van der Waals surface area contributed by atoms with Crippen LogP contribution in [0.3, 0.4) is 0 Å². The van der Waals surface area contributed by atoms with Crippen molar-refractivity contribution < 1.29 is 8.42 Å². The lowest BCUT2D eigenvalue weighted by Crippen LogP contribution is -2.09. The summed E-state index contributed by atoms with van der Waals surface area (Å²) in [5.74, 6) is 0.0440. The van der Waals surface area contributed by atoms with Gasteiger partial charge in [0, 0.05) is 6.42 Å². The van der Waals surface area contributed by atoms with Gasteiger partial charge in [-0.3, -0.25) is 0 Å². The maximum absolute atomic E-state index is 12.0. The van der Waals surface area contributed by atoms with Crippen LogP contribution in [0, 0.1) is 18.3 Å². The van der Waals surface area contributed by atoms with Crippen molar-refractivity contribution in [1.29, 1.82) is 5.26 Å². The predicted molar refractivity (Wildman–Crippen MR) is 67.1 cm³/mol. The minimum absolute atomic E-state index is 0.0440. The Morgan fingerprint density at radius 3 is 2.71 bits per heavy atom. The van der Waals surface area contributed by atoms with E-state index in [1.54, 1.807) is 18.2 Å². The first-order valence-corrected chi connectivity index (χ1v) is 7.08. The van der Waals surface area contributed by atoms with Crippen molar-refractivity contribution in [3.8, 4) is 6.07 Å². The average molecular weight is 252 g/mol. The number of hydrogen-bond donors (Lipinski definition) is 1. The number of hydrogen-bond acceptors (Lipinski definition) is 4. The molecule has 0 amide bonds. The van der Waals surface area contributed by atoms with Crippen LogP contribution in [-0.4, -0.2) is 14.2 Å². The highest BCUT2D eigenvalue weighted by Gasteiger charge is 2.17. The zero-order valence-electron chi connectivity index (χ0n) is 9.81. The Bertz CT molecular complexity index is 530. The molecule has 0 spiro atoms. The minimum Gasteiger partial charge on any atom is -0.398 e. The van der Waals surface area contributed by atoms with Gasteiger partial charge in [-0.25, -0.2) is 8.42 Å². The van der Waals surface area contributed by atoms with Crippen LogP contribution < -0.4 is 5.73 Å². The molecule has 1 rings (SSSR count). The summed E-state index contributed by atoms with van der Waals surface area (Å²) in [7, 11) is -3.33. The van der Waals surface area contributed by atoms with Crippen LogP contribution in [0.25, 0.3) is 0 Å². The number of nitrogens with two attached hydrogens (primary N) is 1. The standard InChI is InChI=1S/C12H16N2O2S/c1-10-5-6-11(14)12(9-10)17(15,16)8-4-2-3-7-13/h5-6,9H,2-4,8,14H2,1H3. The lowest BCUT2D eigenvalue weighted by molar-refractivity contribution is 0.592. The fraction of sp³-hybridized carbons (Fsp3) is 0.417. The topological polar surface area (TPSA) is 84.0 Å². The molecule has 0 heterocycles. The molecule has 5 heteroatoms. The molecule has 1 aromatic carbocycles. The van der Waals surface area contributed by atoms with Gasteiger partial charge in [0.05, 0.1) is 22.4 Å². The maximum atomic E-state index is 12.0. The van der Waals surface area contributed by atoms with Crippen molar-refractivity contribution in [2.75, 3.05) is 11.5 Å². The second kappa shape index (κ2) is 5.69. The van der Waals surface area contributed by atoms with Gasteiger partial charge in [0.15, 0.2) is 9.84 Å². The highest BCUT2D eigenvalue weighted by Crippen LogP contribution is 2.21. The Hall–Kier alpha value is -1.54. The first kappa shape index (κ1) is 13.5. The van der Waals surface area contributed by atoms with Crippen LogP contribution >= 0.6 is 0 Å². The summed E-state index contributed by atoms with van der Waals surface area (Å²) >= 11 is 0. The van der Waals surface area contributed by atoms with E-state index in [2.05, 4.69) is 0 Å². The van der Waals surface area contributed by atoms with Gasteiger partial charge >= 0.3 is 0 Å². The quantitative estimate of drug-likeness (QED) is 0.642. The number of aryl methyl sites for hydroxylation is 1. The van der Waals surface area contributed by atoms with E-state index in [4.69, 9.17) is 11.0 Å². The van der Waals surface area contributed by atoms with E-state index < -0.39 is 9.84 Å². The molecule has 0 fully saturated rings. The van der Waals surface area contributed by atoms with E-state index in [0.717, 1.165) is 5.56 Å². The monoisotopic (exact) mass is 252 g/mol. The van der Waals surface area contributed by atoms with Crippen molar-refractivity contribution in [3.63, 3.8) is 0 Å². The van der Waals surface area contributed by atoms with E-state index in [1.807, 2.05) is 13.0 Å². The highest BCUT2D eigenvalue weighted by molar-refractivity contribution is 7.91. The lowest BCUT2D eigenvalue weighted by Gasteiger charge is -2.07. The number of nitrogen functional groups attached to an aromatic ring is 1. The van der Waals surface area contributed by atoms with Gasteiger partial charge in [-0.15, -0.1) is 0 Å². The van der Waals surface area contributed by atoms with Crippen LogP contribution in [0.15, 0.2) is 23.1 Å². The van der Waals surface area contributed by atoms with Gasteiger partial charge in [0.1, 0.15) is 0 Å². The number of nitriles is 1. The molecule has 0 bridgehead atoms. The molecule has 0 saturated heterocycles. The average Bonchev–Trinajstić information content (AvgIpc) is 2.28. The summed E-state index contributed by atoms with van der Waals surface area (Å²) in [6, 6.07) is 6.98. The van der Waals surface area contributed by atoms with Crippen LogP contribution in [0.4, 0.5) is 5.69 Å². The van der Waals surface area contributed by atoms with E-state index in [0.29, 0.717) is 19.3 Å². The van der Waals surface area contributed by atoms with E-state index >= 15 is 0 Å². The molecule has 2 N–H and O–H groups in total. The second-order valence-electron chi connectivity index (χ2n) is 3.98. The van der Waals surface area contributed by atoms with Crippen LogP contribution in [0.2, 0.25) is 0 Å². The molecular formula is C12H16N2O2S. The van der Waals surface area contributed by atoms with Crippen LogP contribution in [0.1, 0.15) is 24.8 Å². The van der Waals surface area contributed by atoms with Crippen molar-refractivity contribution >= 4 is 15.5 Å². The molecule has 0 aliphatic rings. The highest BCUT2D eigenvalue weighted by atomic mass is 32.2. The number of benzene rings is 1. The summed E-state index contributed by atoms with van der Waals surface area (Å²) in [5.41, 5.74) is 6.83. The Balaban J connectivity index is 2.83. The van der Waals surface area contributed by atoms with Crippen LogP contribution in [0.5, 0.6) is 0 Å². The SMILES string of the molecule is Cc1ccc(N)c(S(=O)(=O)CCCCC#N)c1. The Morgan fingerprint density at radius 1 is 1.35 bits per heavy atom. The third kappa shape index (κ3) is 3.75. The number of nitrogens with zero attached hydrogens (tertiary/aromatic N) is 1. The van der Waals surface area contributed by atoms with Gasteiger partial charge < -0.3 is 5.73 Å². The number of rotatable bonds is 5. The fourth-order valence-corrected chi connectivity index (χ4v) is 3.11. The molecule has 4 nitrogen and oxygen atoms in total. The van der Waals surface area contributed by atoms with E-state index in [-0.39, 0.29) is 16.3 Å². The van der Waals surface area contributed by atoms with Crippen LogP contribution in [-0.2, 0) is 9.84 Å². The third-order valence-corrected chi connectivity index (χ3v) is 4.31. The summed E-state index contributed by atoms with van der Waals surface area (Å²) in [6.45, 7) is 1.83. The van der Waals surface area contributed by atoms with Gasteiger partial charge in [0.25, 0.3) is 0 Å². The molecule has 1 aromatic rings. The smallest absolute Gasteiger partial charge is 0.180 e. The third-order valence-electron chi connectivity index (χ3n) is 2.46. The van der Waals surface area contributed by atoms with Crippen molar-refractivity contribution in [3.05, 3.63) is 23.8 Å².